The highest BCUT2D eigenvalue weighted by molar-refractivity contribution is 9.10. The molecular weight excluding hydrogens is 503 g/mol. The Hall–Kier alpha value is -1.76. The van der Waals surface area contributed by atoms with Crippen molar-refractivity contribution in [1.82, 2.24) is 10.2 Å². The zero-order chi connectivity index (χ0) is 23.0. The molecule has 168 valence electrons. The molecule has 0 aromatic heterocycles. The number of hydrogen-bond acceptors (Lipinski definition) is 3. The Morgan fingerprint density at radius 3 is 2.52 bits per heavy atom. The number of nitrogens with one attached hydrogen (secondary N) is 1. The second-order valence-corrected chi connectivity index (χ2v) is 8.87. The second-order valence-electron chi connectivity index (χ2n) is 7.17. The van der Waals surface area contributed by atoms with Gasteiger partial charge in [0.2, 0.25) is 5.91 Å². The van der Waals surface area contributed by atoms with Crippen LogP contribution >= 0.6 is 39.1 Å². The van der Waals surface area contributed by atoms with Crippen LogP contribution in [0, 0.1) is 6.92 Å². The zero-order valence-corrected chi connectivity index (χ0v) is 21.0. The van der Waals surface area contributed by atoms with Gasteiger partial charge in [-0.25, -0.2) is 0 Å². The van der Waals surface area contributed by atoms with Crippen molar-refractivity contribution < 1.29 is 14.3 Å². The van der Waals surface area contributed by atoms with Gasteiger partial charge in [-0.1, -0.05) is 59.0 Å². The van der Waals surface area contributed by atoms with Gasteiger partial charge in [-0.15, -0.1) is 0 Å². The molecular formula is C23H27BrCl2N2O3. The third-order valence-corrected chi connectivity index (χ3v) is 6.26. The summed E-state index contributed by atoms with van der Waals surface area (Å²) in [5, 5.41) is 3.83. The summed E-state index contributed by atoms with van der Waals surface area (Å²) >= 11 is 15.8. The molecule has 0 aliphatic rings. The van der Waals surface area contributed by atoms with Crippen LogP contribution in [-0.2, 0) is 16.1 Å². The summed E-state index contributed by atoms with van der Waals surface area (Å²) in [6.45, 7) is 6.33. The van der Waals surface area contributed by atoms with Gasteiger partial charge in [-0.3, -0.25) is 9.59 Å². The molecule has 0 saturated carbocycles. The van der Waals surface area contributed by atoms with E-state index in [0.29, 0.717) is 34.3 Å². The van der Waals surface area contributed by atoms with Gasteiger partial charge in [0.25, 0.3) is 5.91 Å². The molecule has 0 aliphatic carbocycles. The molecule has 2 aromatic rings. The minimum Gasteiger partial charge on any atom is -0.484 e. The Morgan fingerprint density at radius 1 is 1.16 bits per heavy atom. The van der Waals surface area contributed by atoms with Crippen molar-refractivity contribution in [3.8, 4) is 5.75 Å². The Balaban J connectivity index is 2.24. The maximum atomic E-state index is 13.2. The summed E-state index contributed by atoms with van der Waals surface area (Å²) in [4.78, 5) is 27.5. The molecule has 2 rings (SSSR count). The van der Waals surface area contributed by atoms with E-state index in [9.17, 15) is 9.59 Å². The lowest BCUT2D eigenvalue weighted by molar-refractivity contribution is -0.143. The Kier molecular flexibility index (Phi) is 10.1. The molecule has 8 heteroatoms. The van der Waals surface area contributed by atoms with Crippen LogP contribution in [0.5, 0.6) is 5.75 Å². The first-order chi connectivity index (χ1) is 14.8. The number of carbonyl (C=O) groups excluding carboxylic acids is 2. The molecule has 0 fully saturated rings. The van der Waals surface area contributed by atoms with E-state index in [4.69, 9.17) is 27.9 Å². The molecule has 2 amide bonds. The fourth-order valence-corrected chi connectivity index (χ4v) is 3.77. The SMILES string of the molecule is CCCNC(=O)[C@@H](CC)N(Cc1ccc(Cl)cc1Cl)C(=O)COc1ccc(Br)c(C)c1. The number of benzene rings is 2. The lowest BCUT2D eigenvalue weighted by Crippen LogP contribution is -2.50. The highest BCUT2D eigenvalue weighted by Gasteiger charge is 2.29. The largest absolute Gasteiger partial charge is 0.484 e. The van der Waals surface area contributed by atoms with Crippen LogP contribution < -0.4 is 10.1 Å². The van der Waals surface area contributed by atoms with Gasteiger partial charge in [-0.2, -0.15) is 0 Å². The van der Waals surface area contributed by atoms with Gasteiger partial charge in [0, 0.05) is 27.6 Å². The molecule has 0 aliphatic heterocycles. The van der Waals surface area contributed by atoms with E-state index in [0.717, 1.165) is 16.5 Å². The molecule has 0 radical (unpaired) electrons. The van der Waals surface area contributed by atoms with Gasteiger partial charge >= 0.3 is 0 Å². The van der Waals surface area contributed by atoms with E-state index in [1.807, 2.05) is 32.9 Å². The van der Waals surface area contributed by atoms with Crippen molar-refractivity contribution >= 4 is 50.9 Å². The molecule has 0 heterocycles. The average molecular weight is 530 g/mol. The van der Waals surface area contributed by atoms with Gasteiger partial charge in [0.1, 0.15) is 11.8 Å². The van der Waals surface area contributed by atoms with E-state index < -0.39 is 6.04 Å². The van der Waals surface area contributed by atoms with Gasteiger partial charge < -0.3 is 15.0 Å². The maximum Gasteiger partial charge on any atom is 0.261 e. The number of ether oxygens (including phenoxy) is 1. The molecule has 5 nitrogen and oxygen atoms in total. The third kappa shape index (κ3) is 7.41. The number of aryl methyl sites for hydroxylation is 1. The monoisotopic (exact) mass is 528 g/mol. The minimum absolute atomic E-state index is 0.176. The van der Waals surface area contributed by atoms with Gasteiger partial charge in [0.15, 0.2) is 6.61 Å². The number of carbonyl (C=O) groups is 2. The zero-order valence-electron chi connectivity index (χ0n) is 17.9. The number of hydrogen-bond donors (Lipinski definition) is 1. The van der Waals surface area contributed by atoms with Crippen molar-refractivity contribution in [2.75, 3.05) is 13.2 Å². The fourth-order valence-electron chi connectivity index (χ4n) is 3.05. The van der Waals surface area contributed by atoms with Crippen LogP contribution in [0.15, 0.2) is 40.9 Å². The molecule has 0 bridgehead atoms. The van der Waals surface area contributed by atoms with Gasteiger partial charge in [0.05, 0.1) is 0 Å². The van der Waals surface area contributed by atoms with Crippen LogP contribution in [0.3, 0.4) is 0 Å². The number of rotatable bonds is 10. The summed E-state index contributed by atoms with van der Waals surface area (Å²) in [5.74, 6) is 0.0920. The highest BCUT2D eigenvalue weighted by Crippen LogP contribution is 2.25. The fraction of sp³-hybridized carbons (Fsp3) is 0.391. The summed E-state index contributed by atoms with van der Waals surface area (Å²) < 4.78 is 6.69. The molecule has 0 saturated heterocycles. The maximum absolute atomic E-state index is 13.2. The summed E-state index contributed by atoms with van der Waals surface area (Å²) in [6, 6.07) is 9.97. The first kappa shape index (κ1) is 25.5. The standard InChI is InChI=1S/C23H27BrCl2N2O3/c1-4-10-27-23(30)21(5-2)28(13-16-6-7-17(25)12-20(16)26)22(29)14-31-18-8-9-19(24)15(3)11-18/h6-9,11-12,21H,4-5,10,13-14H2,1-3H3,(H,27,30)/t21-/m1/s1. The molecule has 1 atom stereocenters. The van der Waals surface area contributed by atoms with E-state index in [-0.39, 0.29) is 25.0 Å². The van der Waals surface area contributed by atoms with E-state index in [2.05, 4.69) is 21.2 Å². The second kappa shape index (κ2) is 12.3. The van der Waals surface area contributed by atoms with Crippen LogP contribution in [0.25, 0.3) is 0 Å². The van der Waals surface area contributed by atoms with E-state index >= 15 is 0 Å². The van der Waals surface area contributed by atoms with E-state index in [1.165, 1.54) is 4.90 Å². The molecule has 0 spiro atoms. The number of halogens is 3. The minimum atomic E-state index is -0.638. The first-order valence-electron chi connectivity index (χ1n) is 10.2. The lowest BCUT2D eigenvalue weighted by atomic mass is 10.1. The van der Waals surface area contributed by atoms with Crippen molar-refractivity contribution in [1.29, 1.82) is 0 Å². The van der Waals surface area contributed by atoms with Crippen molar-refractivity contribution in [2.45, 2.75) is 46.2 Å². The van der Waals surface area contributed by atoms with Crippen molar-refractivity contribution in [3.63, 3.8) is 0 Å². The van der Waals surface area contributed by atoms with Gasteiger partial charge in [-0.05, 0) is 61.2 Å². The number of amides is 2. The molecule has 2 aromatic carbocycles. The Labute approximate surface area is 202 Å². The summed E-state index contributed by atoms with van der Waals surface area (Å²) in [5.41, 5.74) is 1.71. The lowest BCUT2D eigenvalue weighted by Gasteiger charge is -2.31. The highest BCUT2D eigenvalue weighted by atomic mass is 79.9. The number of nitrogens with zero attached hydrogens (tertiary/aromatic N) is 1. The normalized spacial score (nSPS) is 11.7. The summed E-state index contributed by atoms with van der Waals surface area (Å²) in [6.07, 6.45) is 1.27. The molecule has 1 N–H and O–H groups in total. The van der Waals surface area contributed by atoms with Crippen LogP contribution in [0.1, 0.15) is 37.8 Å². The van der Waals surface area contributed by atoms with Crippen LogP contribution in [-0.4, -0.2) is 35.9 Å². The van der Waals surface area contributed by atoms with Crippen LogP contribution in [0.2, 0.25) is 10.0 Å². The molecule has 0 unspecified atom stereocenters. The first-order valence-corrected chi connectivity index (χ1v) is 11.7. The van der Waals surface area contributed by atoms with Crippen LogP contribution in [0.4, 0.5) is 0 Å². The quantitative estimate of drug-likeness (QED) is 0.424. The Bertz CT molecular complexity index is 924. The van der Waals surface area contributed by atoms with Crippen molar-refractivity contribution in [2.24, 2.45) is 0 Å². The predicted molar refractivity (Wildman–Crippen MR) is 129 cm³/mol. The van der Waals surface area contributed by atoms with Crippen molar-refractivity contribution in [3.05, 3.63) is 62.0 Å². The Morgan fingerprint density at radius 2 is 1.90 bits per heavy atom. The third-order valence-electron chi connectivity index (χ3n) is 4.78. The summed E-state index contributed by atoms with van der Waals surface area (Å²) in [7, 11) is 0. The average Bonchev–Trinajstić information content (AvgIpc) is 2.74. The predicted octanol–water partition coefficient (Wildman–Crippen LogP) is 5.78. The van der Waals surface area contributed by atoms with E-state index in [1.54, 1.807) is 24.3 Å². The topological polar surface area (TPSA) is 58.6 Å². The smallest absolute Gasteiger partial charge is 0.261 e. The molecule has 31 heavy (non-hydrogen) atoms.